The molecule has 1 aliphatic heterocycles. The van der Waals surface area contributed by atoms with E-state index in [1.807, 2.05) is 18.2 Å². The van der Waals surface area contributed by atoms with E-state index in [1.54, 1.807) is 12.3 Å². The fourth-order valence-corrected chi connectivity index (χ4v) is 2.85. The fourth-order valence-electron chi connectivity index (χ4n) is 2.85. The number of pyridine rings is 1. The number of rotatable bonds is 4. The summed E-state index contributed by atoms with van der Waals surface area (Å²) in [5.74, 6) is -2.06. The van der Waals surface area contributed by atoms with Crippen LogP contribution in [0.2, 0.25) is 0 Å². The maximum Gasteiger partial charge on any atom is 0.319 e. The quantitative estimate of drug-likeness (QED) is 0.889. The lowest BCUT2D eigenvalue weighted by molar-refractivity contribution is 0.0175. The standard InChI is InChI=1S/C18H20F2N4O/c1-18(19,20)13-5-4-6-14(11-13)22-17(25)23-15-8-10-24(12-15)16-7-2-3-9-21-16/h2-7,9,11,15H,8,10,12H2,1H3,(H2,22,23,25)/t15-/m1/s1. The van der Waals surface area contributed by atoms with Crippen LogP contribution in [0.3, 0.4) is 0 Å². The van der Waals surface area contributed by atoms with Gasteiger partial charge in [-0.15, -0.1) is 0 Å². The Morgan fingerprint density at radius 1 is 1.28 bits per heavy atom. The number of nitrogens with one attached hydrogen (secondary N) is 2. The van der Waals surface area contributed by atoms with Crippen molar-refractivity contribution in [3.63, 3.8) is 0 Å². The van der Waals surface area contributed by atoms with Gasteiger partial charge in [0.05, 0.1) is 0 Å². The molecule has 1 aromatic carbocycles. The number of benzene rings is 1. The molecule has 0 spiro atoms. The first-order valence-electron chi connectivity index (χ1n) is 8.14. The number of halogens is 2. The van der Waals surface area contributed by atoms with E-state index in [9.17, 15) is 13.6 Å². The SMILES string of the molecule is CC(F)(F)c1cccc(NC(=O)N[C@@H]2CCN(c3ccccn3)C2)c1. The molecule has 0 radical (unpaired) electrons. The molecule has 2 amide bonds. The van der Waals surface area contributed by atoms with Crippen molar-refractivity contribution in [2.75, 3.05) is 23.3 Å². The largest absolute Gasteiger partial charge is 0.354 e. The third-order valence-electron chi connectivity index (χ3n) is 4.12. The maximum absolute atomic E-state index is 13.4. The highest BCUT2D eigenvalue weighted by atomic mass is 19.3. The van der Waals surface area contributed by atoms with E-state index in [1.165, 1.54) is 18.2 Å². The number of hydrogen-bond donors (Lipinski definition) is 2. The molecule has 2 heterocycles. The molecule has 3 rings (SSSR count). The second-order valence-corrected chi connectivity index (χ2v) is 6.19. The van der Waals surface area contributed by atoms with Gasteiger partial charge in [0, 0.05) is 43.5 Å². The number of carbonyl (C=O) groups is 1. The molecule has 25 heavy (non-hydrogen) atoms. The number of alkyl halides is 2. The molecule has 7 heteroatoms. The minimum absolute atomic E-state index is 0.0159. The molecule has 1 aliphatic rings. The Bertz CT molecular complexity index is 733. The molecule has 132 valence electrons. The number of urea groups is 1. The second kappa shape index (κ2) is 7.04. The zero-order valence-corrected chi connectivity index (χ0v) is 13.9. The molecule has 1 saturated heterocycles. The lowest BCUT2D eigenvalue weighted by Crippen LogP contribution is -2.39. The first-order chi connectivity index (χ1) is 11.9. The van der Waals surface area contributed by atoms with Crippen LogP contribution in [-0.2, 0) is 5.92 Å². The van der Waals surface area contributed by atoms with E-state index in [4.69, 9.17) is 0 Å². The second-order valence-electron chi connectivity index (χ2n) is 6.19. The van der Waals surface area contributed by atoms with Crippen LogP contribution in [0.15, 0.2) is 48.7 Å². The minimum Gasteiger partial charge on any atom is -0.354 e. The van der Waals surface area contributed by atoms with Gasteiger partial charge in [0.1, 0.15) is 5.82 Å². The van der Waals surface area contributed by atoms with Gasteiger partial charge in [0.2, 0.25) is 0 Å². The fraction of sp³-hybridized carbons (Fsp3) is 0.333. The highest BCUT2D eigenvalue weighted by molar-refractivity contribution is 5.89. The van der Waals surface area contributed by atoms with Crippen molar-refractivity contribution in [3.8, 4) is 0 Å². The van der Waals surface area contributed by atoms with Crippen molar-refractivity contribution in [3.05, 3.63) is 54.2 Å². The number of hydrogen-bond acceptors (Lipinski definition) is 3. The van der Waals surface area contributed by atoms with Crippen LogP contribution in [0.1, 0.15) is 18.9 Å². The Hall–Kier alpha value is -2.70. The first kappa shape index (κ1) is 17.1. The van der Waals surface area contributed by atoms with Crippen molar-refractivity contribution in [2.45, 2.75) is 25.3 Å². The molecule has 2 aromatic rings. The Kier molecular flexibility index (Phi) is 4.83. The Morgan fingerprint density at radius 3 is 2.84 bits per heavy atom. The Morgan fingerprint density at radius 2 is 2.12 bits per heavy atom. The van der Waals surface area contributed by atoms with E-state index in [-0.39, 0.29) is 11.6 Å². The average Bonchev–Trinajstić information content (AvgIpc) is 3.03. The smallest absolute Gasteiger partial charge is 0.319 e. The number of carbonyl (C=O) groups excluding carboxylic acids is 1. The van der Waals surface area contributed by atoms with Crippen LogP contribution < -0.4 is 15.5 Å². The first-order valence-corrected chi connectivity index (χ1v) is 8.14. The molecule has 1 aromatic heterocycles. The van der Waals surface area contributed by atoms with Gasteiger partial charge in [-0.2, -0.15) is 0 Å². The number of anilines is 2. The number of amides is 2. The lowest BCUT2D eigenvalue weighted by atomic mass is 10.1. The third-order valence-corrected chi connectivity index (χ3v) is 4.12. The van der Waals surface area contributed by atoms with E-state index in [0.717, 1.165) is 25.7 Å². The molecular formula is C18H20F2N4O. The van der Waals surface area contributed by atoms with Gasteiger partial charge >= 0.3 is 6.03 Å². The van der Waals surface area contributed by atoms with Crippen LogP contribution in [0.4, 0.5) is 25.1 Å². The molecule has 0 aliphatic carbocycles. The van der Waals surface area contributed by atoms with Gasteiger partial charge < -0.3 is 15.5 Å². The molecule has 1 atom stereocenters. The molecule has 0 bridgehead atoms. The van der Waals surface area contributed by atoms with Crippen LogP contribution in [0, 0.1) is 0 Å². The van der Waals surface area contributed by atoms with Crippen molar-refractivity contribution in [1.82, 2.24) is 10.3 Å². The van der Waals surface area contributed by atoms with Crippen molar-refractivity contribution in [2.24, 2.45) is 0 Å². The summed E-state index contributed by atoms with van der Waals surface area (Å²) in [5.41, 5.74) is 0.212. The summed E-state index contributed by atoms with van der Waals surface area (Å²) < 4.78 is 26.7. The van der Waals surface area contributed by atoms with Gasteiger partial charge in [-0.25, -0.2) is 18.6 Å². The highest BCUT2D eigenvalue weighted by Gasteiger charge is 2.26. The van der Waals surface area contributed by atoms with E-state index < -0.39 is 12.0 Å². The normalized spacial score (nSPS) is 17.4. The molecule has 0 unspecified atom stereocenters. The van der Waals surface area contributed by atoms with Crippen molar-refractivity contribution in [1.29, 1.82) is 0 Å². The zero-order valence-electron chi connectivity index (χ0n) is 13.9. The van der Waals surface area contributed by atoms with Gasteiger partial charge in [-0.1, -0.05) is 18.2 Å². The van der Waals surface area contributed by atoms with Crippen LogP contribution in [-0.4, -0.2) is 30.1 Å². The Labute approximate surface area is 145 Å². The summed E-state index contributed by atoms with van der Waals surface area (Å²) in [6, 6.07) is 11.0. The third kappa shape index (κ3) is 4.43. The molecule has 0 saturated carbocycles. The van der Waals surface area contributed by atoms with Gasteiger partial charge in [-0.05, 0) is 30.7 Å². The highest BCUT2D eigenvalue weighted by Crippen LogP contribution is 2.28. The summed E-state index contributed by atoms with van der Waals surface area (Å²) in [7, 11) is 0. The van der Waals surface area contributed by atoms with E-state index in [0.29, 0.717) is 12.2 Å². The number of aromatic nitrogens is 1. The van der Waals surface area contributed by atoms with E-state index >= 15 is 0 Å². The maximum atomic E-state index is 13.4. The van der Waals surface area contributed by atoms with Crippen molar-refractivity contribution < 1.29 is 13.6 Å². The average molecular weight is 346 g/mol. The summed E-state index contributed by atoms with van der Waals surface area (Å²) in [5, 5.41) is 5.50. The van der Waals surface area contributed by atoms with Gasteiger partial charge in [0.25, 0.3) is 5.92 Å². The van der Waals surface area contributed by atoms with Crippen LogP contribution in [0.25, 0.3) is 0 Å². The molecular weight excluding hydrogens is 326 g/mol. The van der Waals surface area contributed by atoms with Gasteiger partial charge in [-0.3, -0.25) is 0 Å². The predicted molar refractivity (Wildman–Crippen MR) is 93.0 cm³/mol. The minimum atomic E-state index is -2.94. The summed E-state index contributed by atoms with van der Waals surface area (Å²) in [6.07, 6.45) is 2.54. The van der Waals surface area contributed by atoms with Crippen LogP contribution in [0.5, 0.6) is 0 Å². The number of nitrogens with zero attached hydrogens (tertiary/aromatic N) is 2. The summed E-state index contributed by atoms with van der Waals surface area (Å²) in [4.78, 5) is 18.5. The topological polar surface area (TPSA) is 57.3 Å². The molecule has 1 fully saturated rings. The molecule has 2 N–H and O–H groups in total. The predicted octanol–water partition coefficient (Wildman–Crippen LogP) is 3.59. The Balaban J connectivity index is 1.55. The zero-order chi connectivity index (χ0) is 17.9. The van der Waals surface area contributed by atoms with E-state index in [2.05, 4.69) is 20.5 Å². The van der Waals surface area contributed by atoms with Crippen LogP contribution >= 0.6 is 0 Å². The summed E-state index contributed by atoms with van der Waals surface area (Å²) in [6.45, 7) is 2.30. The van der Waals surface area contributed by atoms with Gasteiger partial charge in [0.15, 0.2) is 0 Å². The lowest BCUT2D eigenvalue weighted by Gasteiger charge is -2.18. The monoisotopic (exact) mass is 346 g/mol. The van der Waals surface area contributed by atoms with Crippen molar-refractivity contribution >= 4 is 17.5 Å². The summed E-state index contributed by atoms with van der Waals surface area (Å²) >= 11 is 0. The molecule has 5 nitrogen and oxygen atoms in total.